The van der Waals surface area contributed by atoms with Crippen LogP contribution in [0.2, 0.25) is 0 Å². The zero-order chi connectivity index (χ0) is 33.3. The van der Waals surface area contributed by atoms with Crippen molar-refractivity contribution in [2.45, 2.75) is 0 Å². The molecule has 0 saturated heterocycles. The summed E-state index contributed by atoms with van der Waals surface area (Å²) in [5, 5.41) is 31.6. The van der Waals surface area contributed by atoms with Crippen molar-refractivity contribution in [2.24, 2.45) is 0 Å². The molecule has 0 amide bonds. The van der Waals surface area contributed by atoms with Crippen LogP contribution in [0, 0.1) is 34.0 Å². The molecule has 7 heteroatoms. The van der Waals surface area contributed by atoms with E-state index in [1.54, 1.807) is 18.2 Å². The molecule has 0 aliphatic heterocycles. The molecule has 0 bridgehead atoms. The molecule has 0 aliphatic rings. The summed E-state index contributed by atoms with van der Waals surface area (Å²) in [5.41, 5.74) is 7.85. The van der Waals surface area contributed by atoms with Gasteiger partial charge in [0.15, 0.2) is 11.6 Å². The first kappa shape index (κ1) is 29.0. The molecule has 8 aromatic rings. The van der Waals surface area contributed by atoms with E-state index in [1.807, 2.05) is 120 Å². The van der Waals surface area contributed by atoms with Crippen LogP contribution >= 0.6 is 0 Å². The highest BCUT2D eigenvalue weighted by Gasteiger charge is 2.20. The number of nitriles is 3. The van der Waals surface area contributed by atoms with E-state index >= 15 is 0 Å². The van der Waals surface area contributed by atoms with Crippen molar-refractivity contribution in [3.05, 3.63) is 156 Å². The minimum Gasteiger partial charge on any atom is -0.278 e. The Morgan fingerprint density at radius 1 is 0.429 bits per heavy atom. The van der Waals surface area contributed by atoms with Crippen molar-refractivity contribution >= 4 is 21.8 Å². The van der Waals surface area contributed by atoms with Crippen LogP contribution in [-0.4, -0.2) is 19.5 Å². The zero-order valence-electron chi connectivity index (χ0n) is 25.9. The van der Waals surface area contributed by atoms with Gasteiger partial charge < -0.3 is 0 Å². The standard InChI is InChI=1S/C42H23N7/c43-24-31-14-7-8-17-34(31)29-18-20-37-35(22-29)36-23-30(39-32(25-44)15-9-16-33(39)26-45)19-21-38(36)49(37)42-47-40(27-10-3-1-4-11-27)46-41(48-42)28-12-5-2-6-13-28/h1-23H. The van der Waals surface area contributed by atoms with Crippen molar-refractivity contribution in [3.63, 3.8) is 0 Å². The van der Waals surface area contributed by atoms with Gasteiger partial charge in [0.25, 0.3) is 0 Å². The van der Waals surface area contributed by atoms with Gasteiger partial charge in [-0.05, 0) is 59.2 Å². The summed E-state index contributed by atoms with van der Waals surface area (Å²) in [7, 11) is 0. The molecule has 0 N–H and O–H groups in total. The van der Waals surface area contributed by atoms with E-state index in [-0.39, 0.29) is 0 Å². The van der Waals surface area contributed by atoms with E-state index in [2.05, 4.69) is 24.3 Å². The lowest BCUT2D eigenvalue weighted by molar-refractivity contribution is 0.953. The highest BCUT2D eigenvalue weighted by Crippen LogP contribution is 2.39. The van der Waals surface area contributed by atoms with Crippen LogP contribution in [0.4, 0.5) is 0 Å². The van der Waals surface area contributed by atoms with Crippen LogP contribution in [0.3, 0.4) is 0 Å². The molecular formula is C42H23N7. The van der Waals surface area contributed by atoms with Crippen molar-refractivity contribution in [1.82, 2.24) is 19.5 Å². The fourth-order valence-corrected chi connectivity index (χ4v) is 6.34. The molecular weight excluding hydrogens is 603 g/mol. The molecule has 0 aliphatic carbocycles. The third kappa shape index (κ3) is 5.04. The average molecular weight is 626 g/mol. The van der Waals surface area contributed by atoms with Crippen LogP contribution in [0.1, 0.15) is 16.7 Å². The molecule has 2 aromatic heterocycles. The second-order valence-electron chi connectivity index (χ2n) is 11.4. The molecule has 8 rings (SSSR count). The number of aromatic nitrogens is 4. The monoisotopic (exact) mass is 625 g/mol. The van der Waals surface area contributed by atoms with E-state index in [9.17, 15) is 15.8 Å². The summed E-state index contributed by atoms with van der Waals surface area (Å²) in [6.07, 6.45) is 0. The Morgan fingerprint density at radius 2 is 0.918 bits per heavy atom. The van der Waals surface area contributed by atoms with Gasteiger partial charge >= 0.3 is 0 Å². The van der Waals surface area contributed by atoms with Crippen molar-refractivity contribution in [3.8, 4) is 69.2 Å². The Balaban J connectivity index is 1.45. The average Bonchev–Trinajstić information content (AvgIpc) is 3.51. The van der Waals surface area contributed by atoms with Crippen LogP contribution in [0.5, 0.6) is 0 Å². The normalized spacial score (nSPS) is 10.8. The van der Waals surface area contributed by atoms with E-state index in [0.717, 1.165) is 49.6 Å². The highest BCUT2D eigenvalue weighted by molar-refractivity contribution is 6.11. The third-order valence-electron chi connectivity index (χ3n) is 8.61. The molecule has 0 saturated carbocycles. The van der Waals surface area contributed by atoms with Crippen molar-refractivity contribution < 1.29 is 0 Å². The summed E-state index contributed by atoms with van der Waals surface area (Å²) < 4.78 is 2.02. The van der Waals surface area contributed by atoms with Gasteiger partial charge in [0.1, 0.15) is 0 Å². The first-order chi connectivity index (χ1) is 24.2. The third-order valence-corrected chi connectivity index (χ3v) is 8.61. The maximum Gasteiger partial charge on any atom is 0.238 e. The minimum atomic E-state index is 0.420. The summed E-state index contributed by atoms with van der Waals surface area (Å²) in [6, 6.07) is 51.2. The van der Waals surface area contributed by atoms with Crippen molar-refractivity contribution in [2.75, 3.05) is 0 Å². The van der Waals surface area contributed by atoms with Crippen LogP contribution in [0.15, 0.2) is 140 Å². The zero-order valence-corrected chi connectivity index (χ0v) is 25.9. The highest BCUT2D eigenvalue weighted by atomic mass is 15.2. The van der Waals surface area contributed by atoms with Crippen LogP contribution in [0.25, 0.3) is 72.8 Å². The number of nitrogens with zero attached hydrogens (tertiary/aromatic N) is 7. The van der Waals surface area contributed by atoms with Crippen LogP contribution in [-0.2, 0) is 0 Å². The second-order valence-corrected chi connectivity index (χ2v) is 11.4. The molecule has 0 unspecified atom stereocenters. The van der Waals surface area contributed by atoms with E-state index in [1.165, 1.54) is 0 Å². The molecule has 0 atom stereocenters. The summed E-state index contributed by atoms with van der Waals surface area (Å²) in [6.45, 7) is 0. The van der Waals surface area contributed by atoms with E-state index in [4.69, 9.17) is 15.0 Å². The van der Waals surface area contributed by atoms with Gasteiger partial charge in [0.2, 0.25) is 5.95 Å². The molecule has 226 valence electrons. The lowest BCUT2D eigenvalue weighted by Crippen LogP contribution is -2.06. The molecule has 7 nitrogen and oxygen atoms in total. The summed E-state index contributed by atoms with van der Waals surface area (Å²) in [4.78, 5) is 14.9. The first-order valence-corrected chi connectivity index (χ1v) is 15.6. The SMILES string of the molecule is N#Cc1ccccc1-c1ccc2c(c1)c1cc(-c3c(C#N)cccc3C#N)ccc1n2-c1nc(-c2ccccc2)nc(-c2ccccc2)n1. The fourth-order valence-electron chi connectivity index (χ4n) is 6.34. The van der Waals surface area contributed by atoms with Gasteiger partial charge in [0, 0.05) is 27.5 Å². The van der Waals surface area contributed by atoms with Gasteiger partial charge in [-0.1, -0.05) is 97.1 Å². The maximum atomic E-state index is 9.98. The second kappa shape index (κ2) is 12.1. The molecule has 0 spiro atoms. The Bertz CT molecular complexity index is 2600. The molecule has 2 heterocycles. The quantitative estimate of drug-likeness (QED) is 0.188. The van der Waals surface area contributed by atoms with Gasteiger partial charge in [-0.3, -0.25) is 4.57 Å². The summed E-state index contributed by atoms with van der Waals surface area (Å²) in [5.74, 6) is 1.52. The first-order valence-electron chi connectivity index (χ1n) is 15.6. The molecule has 49 heavy (non-hydrogen) atoms. The number of benzene rings is 6. The number of fused-ring (bicyclic) bond motifs is 3. The molecule has 6 aromatic carbocycles. The van der Waals surface area contributed by atoms with Crippen LogP contribution < -0.4 is 0 Å². The van der Waals surface area contributed by atoms with E-state index < -0.39 is 0 Å². The van der Waals surface area contributed by atoms with Crippen molar-refractivity contribution in [1.29, 1.82) is 15.8 Å². The lowest BCUT2D eigenvalue weighted by atomic mass is 9.94. The predicted molar refractivity (Wildman–Crippen MR) is 190 cm³/mol. The largest absolute Gasteiger partial charge is 0.278 e. The Morgan fingerprint density at radius 3 is 1.49 bits per heavy atom. The smallest absolute Gasteiger partial charge is 0.238 e. The Labute approximate surface area is 281 Å². The predicted octanol–water partition coefficient (Wildman–Crippen LogP) is 9.25. The number of hydrogen-bond acceptors (Lipinski definition) is 6. The number of hydrogen-bond donors (Lipinski definition) is 0. The molecule has 0 fully saturated rings. The molecule has 0 radical (unpaired) electrons. The fraction of sp³-hybridized carbons (Fsp3) is 0. The van der Waals surface area contributed by atoms with Gasteiger partial charge in [0.05, 0.1) is 45.9 Å². The Hall–Kier alpha value is -7.40. The van der Waals surface area contributed by atoms with Gasteiger partial charge in [-0.25, -0.2) is 4.98 Å². The van der Waals surface area contributed by atoms with E-state index in [0.29, 0.717) is 39.9 Å². The summed E-state index contributed by atoms with van der Waals surface area (Å²) >= 11 is 0. The minimum absolute atomic E-state index is 0.420. The maximum absolute atomic E-state index is 9.98. The van der Waals surface area contributed by atoms with Gasteiger partial charge in [-0.15, -0.1) is 0 Å². The lowest BCUT2D eigenvalue weighted by Gasteiger charge is -2.11. The Kier molecular flexibility index (Phi) is 7.16. The number of rotatable bonds is 5. The topological polar surface area (TPSA) is 115 Å². The van der Waals surface area contributed by atoms with Gasteiger partial charge in [-0.2, -0.15) is 25.8 Å².